The molecule has 2 atom stereocenters. The van der Waals surface area contributed by atoms with Crippen LogP contribution >= 0.6 is 0 Å². The smallest absolute Gasteiger partial charge is 0.254 e. The SMILES string of the molecule is O=C(C[C@@H]1CCN2C[C@@H]1CCCOc1ccccc1CN(C(=O)c1ccccc1)CC2=O)NCc1ccccc1. The number of nitrogens with one attached hydrogen (secondary N) is 1. The summed E-state index contributed by atoms with van der Waals surface area (Å²) in [4.78, 5) is 43.5. The van der Waals surface area contributed by atoms with Crippen molar-refractivity contribution < 1.29 is 19.1 Å². The molecule has 2 aliphatic rings. The predicted octanol–water partition coefficient (Wildman–Crippen LogP) is 4.67. The molecule has 1 fully saturated rings. The number of nitrogens with zero attached hydrogens (tertiary/aromatic N) is 2. The topological polar surface area (TPSA) is 79.0 Å². The summed E-state index contributed by atoms with van der Waals surface area (Å²) < 4.78 is 6.19. The summed E-state index contributed by atoms with van der Waals surface area (Å²) in [5.74, 6) is 0.929. The molecule has 3 aromatic rings. The third kappa shape index (κ3) is 7.08. The summed E-state index contributed by atoms with van der Waals surface area (Å²) in [6, 6.07) is 26.7. The molecular formula is C33H37N3O4. The van der Waals surface area contributed by atoms with Gasteiger partial charge >= 0.3 is 0 Å². The van der Waals surface area contributed by atoms with E-state index in [2.05, 4.69) is 5.32 Å². The number of hydrogen-bond donors (Lipinski definition) is 1. The molecule has 1 N–H and O–H groups in total. The van der Waals surface area contributed by atoms with E-state index >= 15 is 0 Å². The number of piperidine rings is 1. The van der Waals surface area contributed by atoms with Gasteiger partial charge in [0.25, 0.3) is 5.91 Å². The molecule has 0 unspecified atom stereocenters. The highest BCUT2D eigenvalue weighted by molar-refractivity contribution is 5.96. The lowest BCUT2D eigenvalue weighted by Crippen LogP contribution is -2.49. The van der Waals surface area contributed by atoms with E-state index in [9.17, 15) is 14.4 Å². The number of ether oxygens (including phenoxy) is 1. The van der Waals surface area contributed by atoms with Gasteiger partial charge in [-0.2, -0.15) is 0 Å². The zero-order valence-electron chi connectivity index (χ0n) is 22.8. The van der Waals surface area contributed by atoms with Crippen molar-refractivity contribution in [1.82, 2.24) is 15.1 Å². The minimum Gasteiger partial charge on any atom is -0.493 e. The normalized spacial score (nSPS) is 19.8. The van der Waals surface area contributed by atoms with Crippen LogP contribution in [0, 0.1) is 11.8 Å². The Morgan fingerprint density at radius 3 is 2.40 bits per heavy atom. The van der Waals surface area contributed by atoms with Gasteiger partial charge in [0.2, 0.25) is 11.8 Å². The summed E-state index contributed by atoms with van der Waals surface area (Å²) in [5.41, 5.74) is 2.51. The Labute approximate surface area is 236 Å². The fraction of sp³-hybridized carbons (Fsp3) is 0.364. The maximum Gasteiger partial charge on any atom is 0.254 e. The lowest BCUT2D eigenvalue weighted by atomic mass is 9.80. The molecule has 2 bridgehead atoms. The van der Waals surface area contributed by atoms with Crippen molar-refractivity contribution in [1.29, 1.82) is 0 Å². The van der Waals surface area contributed by atoms with Crippen LogP contribution in [0.2, 0.25) is 0 Å². The molecule has 40 heavy (non-hydrogen) atoms. The second kappa shape index (κ2) is 13.3. The van der Waals surface area contributed by atoms with E-state index in [1.165, 1.54) is 0 Å². The first-order valence-corrected chi connectivity index (χ1v) is 14.2. The van der Waals surface area contributed by atoms with E-state index in [4.69, 9.17) is 4.74 Å². The number of hydrogen-bond acceptors (Lipinski definition) is 4. The van der Waals surface area contributed by atoms with Gasteiger partial charge in [0.15, 0.2) is 0 Å². The zero-order chi connectivity index (χ0) is 27.7. The summed E-state index contributed by atoms with van der Waals surface area (Å²) >= 11 is 0. The average Bonchev–Trinajstić information content (AvgIpc) is 3.00. The molecule has 2 aliphatic heterocycles. The highest BCUT2D eigenvalue weighted by Gasteiger charge is 2.34. The summed E-state index contributed by atoms with van der Waals surface area (Å²) in [6.45, 7) is 2.53. The van der Waals surface area contributed by atoms with Crippen molar-refractivity contribution in [2.75, 3.05) is 26.2 Å². The van der Waals surface area contributed by atoms with Gasteiger partial charge in [-0.05, 0) is 54.9 Å². The Hall–Kier alpha value is -4.13. The number of carbonyl (C=O) groups is 3. The fourth-order valence-corrected chi connectivity index (χ4v) is 5.74. The van der Waals surface area contributed by atoms with Crippen LogP contribution in [-0.2, 0) is 22.7 Å². The molecule has 208 valence electrons. The van der Waals surface area contributed by atoms with Gasteiger partial charge in [-0.15, -0.1) is 0 Å². The van der Waals surface area contributed by atoms with E-state index in [0.717, 1.165) is 36.1 Å². The molecule has 1 saturated heterocycles. The Morgan fingerprint density at radius 1 is 0.875 bits per heavy atom. The Morgan fingerprint density at radius 2 is 1.60 bits per heavy atom. The van der Waals surface area contributed by atoms with Crippen LogP contribution in [0.15, 0.2) is 84.9 Å². The van der Waals surface area contributed by atoms with Crippen molar-refractivity contribution in [3.05, 3.63) is 102 Å². The lowest BCUT2D eigenvalue weighted by Gasteiger charge is -2.39. The largest absolute Gasteiger partial charge is 0.493 e. The minimum absolute atomic E-state index is 0.00297. The number of para-hydroxylation sites is 1. The van der Waals surface area contributed by atoms with Gasteiger partial charge in [0.05, 0.1) is 13.2 Å². The second-order valence-electron chi connectivity index (χ2n) is 10.7. The Balaban J connectivity index is 1.31. The quantitative estimate of drug-likeness (QED) is 0.511. The molecule has 0 saturated carbocycles. The van der Waals surface area contributed by atoms with Crippen molar-refractivity contribution in [2.45, 2.75) is 38.8 Å². The molecule has 3 aromatic carbocycles. The molecule has 5 rings (SSSR count). The molecule has 0 aromatic heterocycles. The molecule has 0 radical (unpaired) electrons. The lowest BCUT2D eigenvalue weighted by molar-refractivity contribution is -0.135. The first-order valence-electron chi connectivity index (χ1n) is 14.2. The van der Waals surface area contributed by atoms with E-state index in [0.29, 0.717) is 38.2 Å². The third-order valence-electron chi connectivity index (χ3n) is 7.97. The minimum atomic E-state index is -0.180. The zero-order valence-corrected chi connectivity index (χ0v) is 22.8. The van der Waals surface area contributed by atoms with Gasteiger partial charge in [-0.1, -0.05) is 66.7 Å². The molecule has 7 heteroatoms. The summed E-state index contributed by atoms with van der Waals surface area (Å²) in [5, 5.41) is 3.06. The predicted molar refractivity (Wildman–Crippen MR) is 153 cm³/mol. The second-order valence-corrected chi connectivity index (χ2v) is 10.7. The van der Waals surface area contributed by atoms with E-state index in [1.807, 2.05) is 77.7 Å². The van der Waals surface area contributed by atoms with Gasteiger partial charge in [-0.3, -0.25) is 14.4 Å². The van der Waals surface area contributed by atoms with Crippen LogP contribution in [0.5, 0.6) is 5.75 Å². The van der Waals surface area contributed by atoms with Crippen molar-refractivity contribution in [2.24, 2.45) is 11.8 Å². The first kappa shape index (κ1) is 27.4. The van der Waals surface area contributed by atoms with Crippen molar-refractivity contribution in [3.63, 3.8) is 0 Å². The van der Waals surface area contributed by atoms with E-state index < -0.39 is 0 Å². The van der Waals surface area contributed by atoms with Gasteiger partial charge in [0, 0.05) is 37.2 Å². The molecule has 0 aliphatic carbocycles. The molecule has 0 spiro atoms. The maximum atomic E-state index is 13.6. The first-order chi connectivity index (χ1) is 19.6. The Kier molecular flexibility index (Phi) is 9.11. The number of carbonyl (C=O) groups excluding carboxylic acids is 3. The number of fused-ring (bicyclic) bond motifs is 3. The van der Waals surface area contributed by atoms with E-state index in [-0.39, 0.29) is 42.6 Å². The number of amides is 3. The summed E-state index contributed by atoms with van der Waals surface area (Å²) in [7, 11) is 0. The van der Waals surface area contributed by atoms with Crippen LogP contribution in [0.25, 0.3) is 0 Å². The van der Waals surface area contributed by atoms with Crippen LogP contribution in [0.3, 0.4) is 0 Å². The third-order valence-corrected chi connectivity index (χ3v) is 7.97. The number of rotatable bonds is 5. The highest BCUT2D eigenvalue weighted by Crippen LogP contribution is 2.31. The van der Waals surface area contributed by atoms with Crippen molar-refractivity contribution >= 4 is 17.7 Å². The Bertz CT molecular complexity index is 1300. The van der Waals surface area contributed by atoms with Gasteiger partial charge in [-0.25, -0.2) is 0 Å². The molecule has 3 amide bonds. The summed E-state index contributed by atoms with van der Waals surface area (Å²) in [6.07, 6.45) is 2.91. The average molecular weight is 540 g/mol. The van der Waals surface area contributed by atoms with Crippen LogP contribution in [0.1, 0.15) is 47.2 Å². The molecule has 7 nitrogen and oxygen atoms in total. The highest BCUT2D eigenvalue weighted by atomic mass is 16.5. The molecule has 2 heterocycles. The van der Waals surface area contributed by atoms with Crippen LogP contribution < -0.4 is 10.1 Å². The standard InChI is InChI=1S/C33H37N3O4/c37-31(34-21-25-10-3-1-4-11-25)20-27-17-18-35-22-28(27)15-9-19-40-30-16-8-7-14-29(30)23-36(24-32(35)38)33(39)26-12-5-2-6-13-26/h1-8,10-14,16,27-28H,9,15,17-24H2,(H,34,37)/t27-,28-/m0/s1. The van der Waals surface area contributed by atoms with Crippen LogP contribution in [0.4, 0.5) is 0 Å². The monoisotopic (exact) mass is 539 g/mol. The van der Waals surface area contributed by atoms with Crippen LogP contribution in [-0.4, -0.2) is 53.8 Å². The van der Waals surface area contributed by atoms with Crippen molar-refractivity contribution in [3.8, 4) is 5.75 Å². The van der Waals surface area contributed by atoms with E-state index in [1.54, 1.807) is 17.0 Å². The fourth-order valence-electron chi connectivity index (χ4n) is 5.74. The van der Waals surface area contributed by atoms with Gasteiger partial charge < -0.3 is 19.9 Å². The van der Waals surface area contributed by atoms with Gasteiger partial charge in [0.1, 0.15) is 12.3 Å². The maximum absolute atomic E-state index is 13.6. The number of benzene rings is 3. The molecular weight excluding hydrogens is 502 g/mol.